The zero-order chi connectivity index (χ0) is 16.4. The normalized spacial score (nSPS) is 19.1. The highest BCUT2D eigenvalue weighted by atomic mass is 16.7. The van der Waals surface area contributed by atoms with Gasteiger partial charge in [0, 0.05) is 12.1 Å². The molecule has 4 nitrogen and oxygen atoms in total. The van der Waals surface area contributed by atoms with Crippen LogP contribution in [-0.2, 0) is 26.5 Å². The summed E-state index contributed by atoms with van der Waals surface area (Å²) in [6, 6.07) is 6.32. The summed E-state index contributed by atoms with van der Waals surface area (Å²) >= 11 is 0. The maximum atomic E-state index is 13.0. The number of ether oxygens (including phenoxy) is 2. The lowest BCUT2D eigenvalue weighted by atomic mass is 10.0. The van der Waals surface area contributed by atoms with Gasteiger partial charge in [-0.25, -0.2) is 0 Å². The monoisotopic (exact) mass is 317 g/mol. The zero-order valence-electron chi connectivity index (χ0n) is 14.4. The van der Waals surface area contributed by atoms with E-state index < -0.39 is 5.79 Å². The Morgan fingerprint density at radius 1 is 1.26 bits per heavy atom. The molecule has 0 radical (unpaired) electrons. The Morgan fingerprint density at radius 3 is 2.65 bits per heavy atom. The van der Waals surface area contributed by atoms with Crippen molar-refractivity contribution in [2.45, 2.75) is 52.2 Å². The van der Waals surface area contributed by atoms with Crippen molar-refractivity contribution in [3.8, 4) is 0 Å². The van der Waals surface area contributed by atoms with Gasteiger partial charge in [0.1, 0.15) is 0 Å². The smallest absolute Gasteiger partial charge is 0.292 e. The fourth-order valence-electron chi connectivity index (χ4n) is 3.32. The maximum Gasteiger partial charge on any atom is 0.292 e. The number of hydrogen-bond donors (Lipinski definition) is 0. The van der Waals surface area contributed by atoms with E-state index in [1.807, 2.05) is 4.90 Å². The van der Waals surface area contributed by atoms with Crippen molar-refractivity contribution in [1.29, 1.82) is 0 Å². The molecular weight excluding hydrogens is 290 g/mol. The van der Waals surface area contributed by atoms with Crippen LogP contribution >= 0.6 is 0 Å². The highest BCUT2D eigenvalue weighted by Gasteiger charge is 2.55. The number of amides is 1. The number of benzene rings is 1. The van der Waals surface area contributed by atoms with E-state index >= 15 is 0 Å². The molecule has 126 valence electrons. The van der Waals surface area contributed by atoms with Crippen LogP contribution in [0.5, 0.6) is 0 Å². The van der Waals surface area contributed by atoms with Crippen molar-refractivity contribution in [1.82, 2.24) is 0 Å². The minimum Gasteiger partial charge on any atom is -0.336 e. The Balaban J connectivity index is 1.95. The van der Waals surface area contributed by atoms with Crippen molar-refractivity contribution >= 4 is 11.6 Å². The average Bonchev–Trinajstić information content (AvgIpc) is 3.11. The van der Waals surface area contributed by atoms with Gasteiger partial charge >= 0.3 is 0 Å². The molecule has 0 bridgehead atoms. The molecule has 1 aromatic rings. The summed E-state index contributed by atoms with van der Waals surface area (Å²) in [5.41, 5.74) is 3.11. The summed E-state index contributed by atoms with van der Waals surface area (Å²) in [6.07, 6.45) is 4.31. The summed E-state index contributed by atoms with van der Waals surface area (Å²) in [4.78, 5) is 14.9. The van der Waals surface area contributed by atoms with E-state index in [1.165, 1.54) is 5.56 Å². The van der Waals surface area contributed by atoms with Gasteiger partial charge in [-0.05, 0) is 42.9 Å². The topological polar surface area (TPSA) is 38.8 Å². The standard InChI is InChI=1S/C19H27NO3/c1-4-5-6-15-7-8-17-16(13-15)19(22-11-12-23-19)18(21)20(17)10-9-14(2)3/h7-8,13-14H,4-6,9-12H2,1-3H3. The van der Waals surface area contributed by atoms with Gasteiger partial charge in [0.25, 0.3) is 11.7 Å². The Labute approximate surface area is 138 Å². The first-order valence-corrected chi connectivity index (χ1v) is 8.81. The van der Waals surface area contributed by atoms with Gasteiger partial charge in [-0.1, -0.05) is 33.3 Å². The van der Waals surface area contributed by atoms with Crippen LogP contribution < -0.4 is 4.90 Å². The second-order valence-corrected chi connectivity index (χ2v) is 6.91. The Bertz CT molecular complexity index is 576. The average molecular weight is 317 g/mol. The molecule has 0 atom stereocenters. The molecule has 1 saturated heterocycles. The summed E-state index contributed by atoms with van der Waals surface area (Å²) in [5, 5.41) is 0. The summed E-state index contributed by atoms with van der Waals surface area (Å²) in [7, 11) is 0. The second kappa shape index (κ2) is 6.62. The minimum atomic E-state index is -1.19. The molecule has 2 aliphatic heterocycles. The van der Waals surface area contributed by atoms with Crippen LogP contribution in [0.3, 0.4) is 0 Å². The Morgan fingerprint density at radius 2 is 2.00 bits per heavy atom. The number of nitrogens with zero attached hydrogens (tertiary/aromatic N) is 1. The van der Waals surface area contributed by atoms with E-state index in [-0.39, 0.29) is 5.91 Å². The fourth-order valence-corrected chi connectivity index (χ4v) is 3.32. The molecule has 1 spiro atoms. The molecule has 2 heterocycles. The molecule has 0 N–H and O–H groups in total. The molecule has 2 aliphatic rings. The van der Waals surface area contributed by atoms with Crippen LogP contribution in [0.25, 0.3) is 0 Å². The SMILES string of the molecule is CCCCc1ccc2c(c1)C1(OCCO1)C(=O)N2CCC(C)C. The van der Waals surface area contributed by atoms with Crippen molar-refractivity contribution < 1.29 is 14.3 Å². The molecule has 0 saturated carbocycles. The Kier molecular flexibility index (Phi) is 4.74. The van der Waals surface area contributed by atoms with Gasteiger partial charge in [0.05, 0.1) is 18.9 Å². The van der Waals surface area contributed by atoms with Crippen molar-refractivity contribution in [3.05, 3.63) is 29.3 Å². The number of carbonyl (C=O) groups is 1. The van der Waals surface area contributed by atoms with Gasteiger partial charge in [-0.15, -0.1) is 0 Å². The summed E-state index contributed by atoms with van der Waals surface area (Å²) < 4.78 is 11.6. The number of carbonyl (C=O) groups excluding carboxylic acids is 1. The molecule has 1 aromatic carbocycles. The first kappa shape index (κ1) is 16.5. The van der Waals surface area contributed by atoms with Crippen LogP contribution in [0, 0.1) is 5.92 Å². The van der Waals surface area contributed by atoms with Crippen molar-refractivity contribution in [2.75, 3.05) is 24.7 Å². The molecule has 0 aliphatic carbocycles. The third-order valence-electron chi connectivity index (χ3n) is 4.68. The lowest BCUT2D eigenvalue weighted by molar-refractivity contribution is -0.180. The summed E-state index contributed by atoms with van der Waals surface area (Å²) in [6.45, 7) is 8.20. The molecule has 23 heavy (non-hydrogen) atoms. The van der Waals surface area contributed by atoms with Crippen LogP contribution in [0.2, 0.25) is 0 Å². The third kappa shape index (κ3) is 2.90. The van der Waals surface area contributed by atoms with E-state index in [4.69, 9.17) is 9.47 Å². The number of aryl methyl sites for hydroxylation is 1. The van der Waals surface area contributed by atoms with Gasteiger partial charge in [-0.2, -0.15) is 0 Å². The molecule has 1 fully saturated rings. The van der Waals surface area contributed by atoms with Gasteiger partial charge in [0.15, 0.2) is 0 Å². The zero-order valence-corrected chi connectivity index (χ0v) is 14.4. The number of anilines is 1. The van der Waals surface area contributed by atoms with Gasteiger partial charge in [0.2, 0.25) is 0 Å². The molecule has 0 aromatic heterocycles. The molecule has 1 amide bonds. The Hall–Kier alpha value is -1.39. The molecular formula is C19H27NO3. The minimum absolute atomic E-state index is 0.0571. The van der Waals surface area contributed by atoms with E-state index in [1.54, 1.807) is 0 Å². The predicted molar refractivity (Wildman–Crippen MR) is 90.4 cm³/mol. The number of hydrogen-bond acceptors (Lipinski definition) is 3. The van der Waals surface area contributed by atoms with E-state index in [0.29, 0.717) is 25.7 Å². The van der Waals surface area contributed by atoms with Crippen molar-refractivity contribution in [3.63, 3.8) is 0 Å². The molecule has 3 rings (SSSR count). The lowest BCUT2D eigenvalue weighted by Gasteiger charge is -2.22. The number of unbranched alkanes of at least 4 members (excludes halogenated alkanes) is 1. The van der Waals surface area contributed by atoms with Crippen LogP contribution in [0.15, 0.2) is 18.2 Å². The summed E-state index contributed by atoms with van der Waals surface area (Å²) in [5.74, 6) is -0.690. The molecule has 0 unspecified atom stereocenters. The largest absolute Gasteiger partial charge is 0.336 e. The first-order valence-electron chi connectivity index (χ1n) is 8.81. The van der Waals surface area contributed by atoms with Crippen LogP contribution in [-0.4, -0.2) is 25.7 Å². The van der Waals surface area contributed by atoms with E-state index in [9.17, 15) is 4.79 Å². The quantitative estimate of drug-likeness (QED) is 0.804. The fraction of sp³-hybridized carbons (Fsp3) is 0.632. The lowest BCUT2D eigenvalue weighted by Crippen LogP contribution is -2.41. The van der Waals surface area contributed by atoms with E-state index in [0.717, 1.165) is 36.9 Å². The van der Waals surface area contributed by atoms with Crippen LogP contribution in [0.1, 0.15) is 51.2 Å². The number of fused-ring (bicyclic) bond motifs is 2. The van der Waals surface area contributed by atoms with E-state index in [2.05, 4.69) is 39.0 Å². The highest BCUT2D eigenvalue weighted by molar-refractivity contribution is 6.06. The third-order valence-corrected chi connectivity index (χ3v) is 4.68. The predicted octanol–water partition coefficient (Wildman–Crippen LogP) is 3.62. The first-order chi connectivity index (χ1) is 11.1. The molecule has 4 heteroatoms. The number of rotatable bonds is 6. The van der Waals surface area contributed by atoms with Gasteiger partial charge < -0.3 is 14.4 Å². The highest BCUT2D eigenvalue weighted by Crippen LogP contribution is 2.46. The maximum absolute atomic E-state index is 13.0. The van der Waals surface area contributed by atoms with Gasteiger partial charge in [-0.3, -0.25) is 4.79 Å². The van der Waals surface area contributed by atoms with Crippen molar-refractivity contribution in [2.24, 2.45) is 5.92 Å². The second-order valence-electron chi connectivity index (χ2n) is 6.91. The van der Waals surface area contributed by atoms with Crippen LogP contribution in [0.4, 0.5) is 5.69 Å².